The number of piperidine rings is 1. The maximum atomic E-state index is 14.2. The van der Waals surface area contributed by atoms with E-state index in [9.17, 15) is 8.78 Å². The highest BCUT2D eigenvalue weighted by Gasteiger charge is 2.24. The van der Waals surface area contributed by atoms with Crippen LogP contribution in [0.25, 0.3) is 33.4 Å². The summed E-state index contributed by atoms with van der Waals surface area (Å²) < 4.78 is 30.2. The van der Waals surface area contributed by atoms with Gasteiger partial charge in [0.05, 0.1) is 17.8 Å². The molecular weight excluding hydrogens is 460 g/mol. The smallest absolute Gasteiger partial charge is 0.130 e. The van der Waals surface area contributed by atoms with E-state index >= 15 is 0 Å². The molecule has 5 aromatic rings. The highest BCUT2D eigenvalue weighted by Crippen LogP contribution is 2.31. The van der Waals surface area contributed by atoms with E-state index in [1.165, 1.54) is 18.2 Å². The number of rotatable bonds is 5. The number of halogens is 2. The average molecular weight is 486 g/mol. The summed E-state index contributed by atoms with van der Waals surface area (Å²) in [5, 5.41) is 17.5. The van der Waals surface area contributed by atoms with E-state index in [4.69, 9.17) is 0 Å². The summed E-state index contributed by atoms with van der Waals surface area (Å²) >= 11 is 0. The lowest BCUT2D eigenvalue weighted by Crippen LogP contribution is -2.36. The highest BCUT2D eigenvalue weighted by atomic mass is 19.1. The fourth-order valence-corrected chi connectivity index (χ4v) is 4.97. The van der Waals surface area contributed by atoms with Crippen LogP contribution >= 0.6 is 0 Å². The third kappa shape index (κ3) is 4.26. The molecule has 0 aliphatic carbocycles. The zero-order chi connectivity index (χ0) is 24.6. The molecule has 9 heteroatoms. The van der Waals surface area contributed by atoms with Crippen molar-refractivity contribution in [1.29, 1.82) is 0 Å². The van der Waals surface area contributed by atoms with Crippen molar-refractivity contribution < 1.29 is 8.78 Å². The Labute approximate surface area is 206 Å². The Morgan fingerprint density at radius 2 is 1.92 bits per heavy atom. The van der Waals surface area contributed by atoms with Crippen molar-refractivity contribution in [2.24, 2.45) is 0 Å². The Hall–Kier alpha value is -3.98. The van der Waals surface area contributed by atoms with Crippen molar-refractivity contribution in [2.75, 3.05) is 13.1 Å². The van der Waals surface area contributed by atoms with Crippen LogP contribution in [-0.2, 0) is 6.54 Å². The maximum Gasteiger partial charge on any atom is 0.130 e. The quantitative estimate of drug-likeness (QED) is 0.365. The van der Waals surface area contributed by atoms with Crippen molar-refractivity contribution in [3.63, 3.8) is 0 Å². The first kappa shape index (κ1) is 22.5. The van der Waals surface area contributed by atoms with Crippen molar-refractivity contribution in [2.45, 2.75) is 32.4 Å². The normalized spacial score (nSPS) is 16.6. The summed E-state index contributed by atoms with van der Waals surface area (Å²) in [6.45, 7) is 3.65. The van der Waals surface area contributed by atoms with Crippen molar-refractivity contribution >= 4 is 10.9 Å². The van der Waals surface area contributed by atoms with Crippen LogP contribution in [0.4, 0.5) is 8.78 Å². The van der Waals surface area contributed by atoms with Crippen LogP contribution in [0.3, 0.4) is 0 Å². The Morgan fingerprint density at radius 3 is 2.75 bits per heavy atom. The number of hydrogen-bond acceptors (Lipinski definition) is 5. The summed E-state index contributed by atoms with van der Waals surface area (Å²) in [7, 11) is 0. The van der Waals surface area contributed by atoms with Crippen LogP contribution in [0.2, 0.25) is 0 Å². The van der Waals surface area contributed by atoms with E-state index in [0.717, 1.165) is 58.5 Å². The van der Waals surface area contributed by atoms with Crippen molar-refractivity contribution in [1.82, 2.24) is 35.1 Å². The molecule has 0 bridgehead atoms. The molecule has 36 heavy (non-hydrogen) atoms. The molecule has 0 radical (unpaired) electrons. The minimum absolute atomic E-state index is 0.0860. The minimum Gasteiger partial charge on any atom is -0.297 e. The number of H-pyrrole nitrogens is 1. The zero-order valence-electron chi connectivity index (χ0n) is 19.8. The van der Waals surface area contributed by atoms with Crippen LogP contribution in [0.15, 0.2) is 60.9 Å². The number of benzene rings is 2. The van der Waals surface area contributed by atoms with Gasteiger partial charge in [-0.25, -0.2) is 13.5 Å². The monoisotopic (exact) mass is 485 g/mol. The molecule has 2 aromatic carbocycles. The Bertz CT molecular complexity index is 1520. The second-order valence-electron chi connectivity index (χ2n) is 9.33. The van der Waals surface area contributed by atoms with Crippen LogP contribution in [0.1, 0.15) is 30.1 Å². The van der Waals surface area contributed by atoms with Gasteiger partial charge in [0, 0.05) is 47.1 Å². The largest absolute Gasteiger partial charge is 0.297 e. The number of likely N-dealkylation sites (tertiary alicyclic amines) is 1. The van der Waals surface area contributed by atoms with Gasteiger partial charge in [-0.3, -0.25) is 15.0 Å². The van der Waals surface area contributed by atoms with Gasteiger partial charge in [0.15, 0.2) is 0 Å². The number of nitrogens with zero attached hydrogens (tertiary/aromatic N) is 6. The molecule has 7 nitrogen and oxygen atoms in total. The SMILES string of the molecule is Cc1cc(-c2n[nH]c3ccc(-c4cn([C@@H]5CCCN(Cc6c(F)cccc6F)C5)nn4)cc23)ccn1. The first-order valence-electron chi connectivity index (χ1n) is 12.0. The van der Waals surface area contributed by atoms with E-state index in [-0.39, 0.29) is 18.2 Å². The first-order valence-corrected chi connectivity index (χ1v) is 12.0. The molecule has 182 valence electrons. The number of aryl methyl sites for hydroxylation is 1. The van der Waals surface area contributed by atoms with Gasteiger partial charge in [-0.15, -0.1) is 5.10 Å². The molecule has 1 aliphatic rings. The van der Waals surface area contributed by atoms with Gasteiger partial charge in [0.25, 0.3) is 0 Å². The van der Waals surface area contributed by atoms with Crippen LogP contribution in [0, 0.1) is 18.6 Å². The lowest BCUT2D eigenvalue weighted by Gasteiger charge is -2.32. The number of aromatic nitrogens is 6. The second kappa shape index (κ2) is 9.23. The Kier molecular flexibility index (Phi) is 5.77. The third-order valence-corrected chi connectivity index (χ3v) is 6.84. The van der Waals surface area contributed by atoms with E-state index in [0.29, 0.717) is 6.54 Å². The zero-order valence-corrected chi connectivity index (χ0v) is 19.8. The fraction of sp³-hybridized carbons (Fsp3) is 0.259. The summed E-state index contributed by atoms with van der Waals surface area (Å²) in [6.07, 6.45) is 5.60. The molecule has 1 N–H and O–H groups in total. The number of nitrogens with one attached hydrogen (secondary N) is 1. The summed E-state index contributed by atoms with van der Waals surface area (Å²) in [4.78, 5) is 6.36. The molecule has 1 saturated heterocycles. The molecule has 1 atom stereocenters. The highest BCUT2D eigenvalue weighted by molar-refractivity contribution is 5.95. The second-order valence-corrected chi connectivity index (χ2v) is 9.33. The number of aromatic amines is 1. The van der Waals surface area contributed by atoms with Gasteiger partial charge in [-0.05, 0) is 62.7 Å². The summed E-state index contributed by atoms with van der Waals surface area (Å²) in [5.41, 5.74) is 5.58. The molecule has 4 heterocycles. The van der Waals surface area contributed by atoms with Gasteiger partial charge in [-0.1, -0.05) is 17.3 Å². The van der Waals surface area contributed by atoms with E-state index < -0.39 is 11.6 Å². The van der Waals surface area contributed by atoms with Gasteiger partial charge in [0.2, 0.25) is 0 Å². The van der Waals surface area contributed by atoms with Crippen molar-refractivity contribution in [3.8, 4) is 22.5 Å². The average Bonchev–Trinajstić information content (AvgIpc) is 3.54. The Morgan fingerprint density at radius 1 is 1.06 bits per heavy atom. The number of fused-ring (bicyclic) bond motifs is 1. The first-order chi connectivity index (χ1) is 17.5. The van der Waals surface area contributed by atoms with E-state index in [1.807, 2.05) is 42.1 Å². The van der Waals surface area contributed by atoms with Gasteiger partial charge in [0.1, 0.15) is 23.0 Å². The van der Waals surface area contributed by atoms with Crippen LogP contribution in [-0.4, -0.2) is 48.2 Å². The van der Waals surface area contributed by atoms with Crippen LogP contribution in [0.5, 0.6) is 0 Å². The molecule has 0 spiro atoms. The molecule has 0 saturated carbocycles. The minimum atomic E-state index is -0.504. The van der Waals surface area contributed by atoms with Crippen molar-refractivity contribution in [3.05, 3.63) is 83.8 Å². The molecule has 0 amide bonds. The van der Waals surface area contributed by atoms with E-state index in [1.54, 1.807) is 6.20 Å². The van der Waals surface area contributed by atoms with Crippen LogP contribution < -0.4 is 0 Å². The van der Waals surface area contributed by atoms with Gasteiger partial charge in [-0.2, -0.15) is 5.10 Å². The topological polar surface area (TPSA) is 75.5 Å². The van der Waals surface area contributed by atoms with E-state index in [2.05, 4.69) is 36.5 Å². The number of pyridine rings is 1. The summed E-state index contributed by atoms with van der Waals surface area (Å²) in [5.74, 6) is -1.01. The molecular formula is C27H25F2N7. The standard InChI is InChI=1S/C27H25F2N7/c1-17-12-19(9-10-30-17)27-21-13-18(7-8-25(21)31-33-27)26-16-36(34-32-26)20-4-3-11-35(14-20)15-22-23(28)5-2-6-24(22)29/h2,5-10,12-13,16,20H,3-4,11,14-15H2,1H3,(H,31,33)/t20-/m1/s1. The predicted molar refractivity (Wildman–Crippen MR) is 133 cm³/mol. The molecule has 3 aromatic heterocycles. The molecule has 1 aliphatic heterocycles. The molecule has 0 unspecified atom stereocenters. The van der Waals surface area contributed by atoms with Gasteiger partial charge >= 0.3 is 0 Å². The molecule has 1 fully saturated rings. The molecule has 6 rings (SSSR count). The Balaban J connectivity index is 1.24. The third-order valence-electron chi connectivity index (χ3n) is 6.84. The lowest BCUT2D eigenvalue weighted by atomic mass is 10.0. The summed E-state index contributed by atoms with van der Waals surface area (Å²) in [6, 6.07) is 14.1. The maximum absolute atomic E-state index is 14.2. The number of hydrogen-bond donors (Lipinski definition) is 1. The predicted octanol–water partition coefficient (Wildman–Crippen LogP) is 5.31. The van der Waals surface area contributed by atoms with Gasteiger partial charge < -0.3 is 0 Å². The lowest BCUT2D eigenvalue weighted by molar-refractivity contribution is 0.158. The fourth-order valence-electron chi connectivity index (χ4n) is 4.97.